The zero-order valence-electron chi connectivity index (χ0n) is 17.2. The smallest absolute Gasteiger partial charge is 0.339 e. The van der Waals surface area contributed by atoms with Gasteiger partial charge in [-0.25, -0.2) is 4.79 Å². The highest BCUT2D eigenvalue weighted by atomic mass is 16.5. The van der Waals surface area contributed by atoms with Gasteiger partial charge in [-0.15, -0.1) is 0 Å². The van der Waals surface area contributed by atoms with Gasteiger partial charge in [0.05, 0.1) is 14.2 Å². The van der Waals surface area contributed by atoms with Crippen molar-refractivity contribution in [2.45, 2.75) is 26.3 Å². The number of fused-ring (bicyclic) bond motifs is 1. The molecule has 6 heteroatoms. The van der Waals surface area contributed by atoms with E-state index in [0.717, 1.165) is 22.3 Å². The molecule has 0 bridgehead atoms. The fourth-order valence-corrected chi connectivity index (χ4v) is 3.31. The first-order valence-electron chi connectivity index (χ1n) is 9.40. The molecule has 3 rings (SSSR count). The van der Waals surface area contributed by atoms with Crippen molar-refractivity contribution in [3.63, 3.8) is 0 Å². The molecule has 0 aliphatic carbocycles. The van der Waals surface area contributed by atoms with E-state index in [1.54, 1.807) is 32.2 Å². The highest BCUT2D eigenvalue weighted by Gasteiger charge is 2.15. The molecule has 0 aliphatic heterocycles. The van der Waals surface area contributed by atoms with Gasteiger partial charge in [0, 0.05) is 37.0 Å². The maximum absolute atomic E-state index is 12.6. The van der Waals surface area contributed by atoms with Gasteiger partial charge in [-0.2, -0.15) is 0 Å². The van der Waals surface area contributed by atoms with E-state index in [0.29, 0.717) is 29.9 Å². The van der Waals surface area contributed by atoms with Crippen LogP contribution in [-0.4, -0.2) is 32.1 Å². The van der Waals surface area contributed by atoms with Crippen molar-refractivity contribution in [1.29, 1.82) is 0 Å². The van der Waals surface area contributed by atoms with Gasteiger partial charge in [0.15, 0.2) is 0 Å². The van der Waals surface area contributed by atoms with Crippen molar-refractivity contribution in [3.8, 4) is 11.5 Å². The van der Waals surface area contributed by atoms with Crippen molar-refractivity contribution in [2.24, 2.45) is 0 Å². The Morgan fingerprint density at radius 2 is 1.69 bits per heavy atom. The first-order valence-corrected chi connectivity index (χ1v) is 9.40. The van der Waals surface area contributed by atoms with Gasteiger partial charge in [-0.05, 0) is 48.7 Å². The normalized spacial score (nSPS) is 10.8. The molecule has 1 heterocycles. The van der Waals surface area contributed by atoms with Crippen molar-refractivity contribution in [2.75, 3.05) is 21.3 Å². The molecule has 0 saturated carbocycles. The molecule has 0 atom stereocenters. The number of rotatable bonds is 7. The molecule has 2 aromatic carbocycles. The van der Waals surface area contributed by atoms with Gasteiger partial charge in [0.2, 0.25) is 5.91 Å². The maximum Gasteiger partial charge on any atom is 0.339 e. The predicted octanol–water partition coefficient (Wildman–Crippen LogP) is 3.71. The number of nitrogens with zero attached hydrogens (tertiary/aromatic N) is 1. The third-order valence-electron chi connectivity index (χ3n) is 5.09. The maximum atomic E-state index is 12.6. The van der Waals surface area contributed by atoms with Crippen LogP contribution in [0.1, 0.15) is 23.1 Å². The van der Waals surface area contributed by atoms with E-state index in [1.807, 2.05) is 43.3 Å². The molecule has 1 aromatic heterocycles. The first kappa shape index (κ1) is 20.5. The van der Waals surface area contributed by atoms with Crippen LogP contribution in [0.4, 0.5) is 0 Å². The van der Waals surface area contributed by atoms with Crippen LogP contribution in [0.2, 0.25) is 0 Å². The van der Waals surface area contributed by atoms with Crippen molar-refractivity contribution in [3.05, 3.63) is 69.6 Å². The topological polar surface area (TPSA) is 69.0 Å². The summed E-state index contributed by atoms with van der Waals surface area (Å²) in [6.45, 7) is 2.38. The van der Waals surface area contributed by atoms with Gasteiger partial charge < -0.3 is 18.8 Å². The van der Waals surface area contributed by atoms with E-state index in [-0.39, 0.29) is 12.3 Å². The Kier molecular flexibility index (Phi) is 6.22. The van der Waals surface area contributed by atoms with Gasteiger partial charge in [-0.3, -0.25) is 4.79 Å². The molecule has 0 unspecified atom stereocenters. The van der Waals surface area contributed by atoms with E-state index in [9.17, 15) is 9.59 Å². The summed E-state index contributed by atoms with van der Waals surface area (Å²) in [7, 11) is 4.94. The number of hydrogen-bond donors (Lipinski definition) is 0. The summed E-state index contributed by atoms with van der Waals surface area (Å²) < 4.78 is 15.8. The second kappa shape index (κ2) is 8.82. The molecule has 0 N–H and O–H groups in total. The Morgan fingerprint density at radius 3 is 2.34 bits per heavy atom. The fourth-order valence-electron chi connectivity index (χ4n) is 3.31. The number of aryl methyl sites for hydroxylation is 1. The summed E-state index contributed by atoms with van der Waals surface area (Å²) in [6, 6.07) is 13.0. The standard InChI is InChI=1S/C23H25NO5/c1-15-19-10-9-18(28-4)13-21(19)29-23(26)20(15)11-12-22(25)24(2)14-16-5-7-17(27-3)8-6-16/h5-10,13H,11-12,14H2,1-4H3. The summed E-state index contributed by atoms with van der Waals surface area (Å²) in [6.07, 6.45) is 0.571. The van der Waals surface area contributed by atoms with E-state index >= 15 is 0 Å². The number of carbonyl (C=O) groups excluding carboxylic acids is 1. The zero-order valence-corrected chi connectivity index (χ0v) is 17.2. The Hall–Kier alpha value is -3.28. The minimum absolute atomic E-state index is 0.0329. The SMILES string of the molecule is COc1ccc(CN(C)C(=O)CCc2c(C)c3ccc(OC)cc3oc2=O)cc1. The molecule has 0 aliphatic rings. The van der Waals surface area contributed by atoms with Crippen LogP contribution in [-0.2, 0) is 17.8 Å². The molecular weight excluding hydrogens is 370 g/mol. The molecule has 0 radical (unpaired) electrons. The Balaban J connectivity index is 1.70. The summed E-state index contributed by atoms with van der Waals surface area (Å²) in [4.78, 5) is 26.7. The highest BCUT2D eigenvalue weighted by Crippen LogP contribution is 2.24. The molecule has 29 heavy (non-hydrogen) atoms. The predicted molar refractivity (Wildman–Crippen MR) is 112 cm³/mol. The first-order chi connectivity index (χ1) is 13.9. The monoisotopic (exact) mass is 395 g/mol. The molecule has 6 nitrogen and oxygen atoms in total. The second-order valence-electron chi connectivity index (χ2n) is 6.95. The minimum atomic E-state index is -0.408. The number of benzene rings is 2. The molecule has 1 amide bonds. The lowest BCUT2D eigenvalue weighted by atomic mass is 10.0. The Bertz CT molecular complexity index is 1070. The van der Waals surface area contributed by atoms with Gasteiger partial charge in [0.25, 0.3) is 0 Å². The average Bonchev–Trinajstić information content (AvgIpc) is 2.73. The number of carbonyl (C=O) groups is 1. The lowest BCUT2D eigenvalue weighted by Gasteiger charge is -2.18. The van der Waals surface area contributed by atoms with E-state index in [1.165, 1.54) is 0 Å². The van der Waals surface area contributed by atoms with Crippen LogP contribution in [0.25, 0.3) is 11.0 Å². The lowest BCUT2D eigenvalue weighted by molar-refractivity contribution is -0.130. The molecule has 0 saturated heterocycles. The number of methoxy groups -OCH3 is 2. The van der Waals surface area contributed by atoms with Crippen molar-refractivity contribution in [1.82, 2.24) is 4.90 Å². The second-order valence-corrected chi connectivity index (χ2v) is 6.95. The quantitative estimate of drug-likeness (QED) is 0.571. The Morgan fingerprint density at radius 1 is 1.03 bits per heavy atom. The molecule has 0 fully saturated rings. The van der Waals surface area contributed by atoms with E-state index in [4.69, 9.17) is 13.9 Å². The van der Waals surface area contributed by atoms with Crippen LogP contribution in [0.5, 0.6) is 11.5 Å². The third-order valence-corrected chi connectivity index (χ3v) is 5.09. The average molecular weight is 395 g/mol. The van der Waals surface area contributed by atoms with Crippen LogP contribution < -0.4 is 15.1 Å². The van der Waals surface area contributed by atoms with Gasteiger partial charge >= 0.3 is 5.63 Å². The van der Waals surface area contributed by atoms with Crippen molar-refractivity contribution >= 4 is 16.9 Å². The van der Waals surface area contributed by atoms with Crippen LogP contribution in [0, 0.1) is 6.92 Å². The summed E-state index contributed by atoms with van der Waals surface area (Å²) in [5.74, 6) is 1.37. The Labute approximate surface area is 169 Å². The summed E-state index contributed by atoms with van der Waals surface area (Å²) in [5.41, 5.74) is 2.46. The third kappa shape index (κ3) is 4.59. The molecule has 0 spiro atoms. The largest absolute Gasteiger partial charge is 0.497 e. The lowest BCUT2D eigenvalue weighted by Crippen LogP contribution is -2.27. The fraction of sp³-hybridized carbons (Fsp3) is 0.304. The minimum Gasteiger partial charge on any atom is -0.497 e. The van der Waals surface area contributed by atoms with Crippen LogP contribution in [0.15, 0.2) is 51.7 Å². The van der Waals surface area contributed by atoms with Gasteiger partial charge in [-0.1, -0.05) is 12.1 Å². The summed E-state index contributed by atoms with van der Waals surface area (Å²) in [5, 5.41) is 0.847. The van der Waals surface area contributed by atoms with Crippen molar-refractivity contribution < 1.29 is 18.7 Å². The number of amides is 1. The zero-order chi connectivity index (χ0) is 21.0. The van der Waals surface area contributed by atoms with E-state index < -0.39 is 5.63 Å². The van der Waals surface area contributed by atoms with Crippen LogP contribution >= 0.6 is 0 Å². The molecular formula is C23H25NO5. The highest BCUT2D eigenvalue weighted by molar-refractivity contribution is 5.82. The van der Waals surface area contributed by atoms with Crippen LogP contribution in [0.3, 0.4) is 0 Å². The number of ether oxygens (including phenoxy) is 2. The van der Waals surface area contributed by atoms with E-state index in [2.05, 4.69) is 0 Å². The van der Waals surface area contributed by atoms with Gasteiger partial charge in [0.1, 0.15) is 17.1 Å². The molecule has 3 aromatic rings. The molecule has 152 valence electrons. The number of hydrogen-bond acceptors (Lipinski definition) is 5. The summed E-state index contributed by atoms with van der Waals surface area (Å²) >= 11 is 0.